The molecule has 0 spiro atoms. The highest BCUT2D eigenvalue weighted by molar-refractivity contribution is 6.01. The molecule has 1 aromatic rings. The lowest BCUT2D eigenvalue weighted by atomic mass is 10.0. The van der Waals surface area contributed by atoms with Gasteiger partial charge >= 0.3 is 5.97 Å². The minimum Gasteiger partial charge on any atom is -0.497 e. The van der Waals surface area contributed by atoms with Crippen LogP contribution in [0, 0.1) is 5.92 Å². The number of benzene rings is 1. The third-order valence-corrected chi connectivity index (χ3v) is 5.84. The number of hydrogen-bond donors (Lipinski definition) is 3. The molecular weight excluding hydrogens is 450 g/mol. The summed E-state index contributed by atoms with van der Waals surface area (Å²) in [6.07, 6.45) is 2.32. The maximum absolute atomic E-state index is 13.1. The minimum atomic E-state index is -1.09. The van der Waals surface area contributed by atoms with Crippen molar-refractivity contribution in [3.8, 4) is 5.75 Å². The summed E-state index contributed by atoms with van der Waals surface area (Å²) in [4.78, 5) is 51.4. The molecule has 0 radical (unpaired) electrons. The van der Waals surface area contributed by atoms with E-state index in [-0.39, 0.29) is 11.6 Å². The van der Waals surface area contributed by atoms with Crippen LogP contribution in [0.2, 0.25) is 0 Å². The standard InChI is InChI=1S/C26H37N3O6/c1-6-7-10-21-26(33)35-22(16(2)3)25(32)28-20(24(31)27-17(4)23(30)29-21)11-8-9-18-12-14-19(34-5)15-13-18/h12-16,20-22H,4,6-11H2,1-3,5H3,(H,27,31)(H,28,32)(H,29,30)/t20-,21-,22-/m0/s1. The maximum Gasteiger partial charge on any atom is 0.329 e. The third kappa shape index (κ3) is 8.42. The summed E-state index contributed by atoms with van der Waals surface area (Å²) in [5, 5.41) is 7.79. The monoisotopic (exact) mass is 487 g/mol. The van der Waals surface area contributed by atoms with Gasteiger partial charge in [-0.3, -0.25) is 14.4 Å². The second-order valence-electron chi connectivity index (χ2n) is 9.04. The molecule has 1 heterocycles. The first-order chi connectivity index (χ1) is 16.7. The van der Waals surface area contributed by atoms with Crippen LogP contribution in [0.3, 0.4) is 0 Å². The van der Waals surface area contributed by atoms with Crippen LogP contribution in [0.4, 0.5) is 0 Å². The van der Waals surface area contributed by atoms with E-state index >= 15 is 0 Å². The molecule has 0 aliphatic carbocycles. The summed E-state index contributed by atoms with van der Waals surface area (Å²) >= 11 is 0. The van der Waals surface area contributed by atoms with E-state index in [0.29, 0.717) is 32.1 Å². The fourth-order valence-electron chi connectivity index (χ4n) is 3.72. The Kier molecular flexibility index (Phi) is 10.8. The zero-order valence-electron chi connectivity index (χ0n) is 21.0. The second-order valence-corrected chi connectivity index (χ2v) is 9.04. The average molecular weight is 488 g/mol. The van der Waals surface area contributed by atoms with E-state index in [4.69, 9.17) is 9.47 Å². The molecule has 1 fully saturated rings. The number of hydrogen-bond acceptors (Lipinski definition) is 6. The smallest absolute Gasteiger partial charge is 0.329 e. The molecule has 0 aromatic heterocycles. The number of esters is 1. The fourth-order valence-corrected chi connectivity index (χ4v) is 3.72. The van der Waals surface area contributed by atoms with Gasteiger partial charge in [-0.2, -0.15) is 0 Å². The number of nitrogens with one attached hydrogen (secondary N) is 3. The van der Waals surface area contributed by atoms with Crippen molar-refractivity contribution < 1.29 is 28.7 Å². The molecular formula is C26H37N3O6. The Hall–Kier alpha value is -3.36. The molecule has 2 rings (SSSR count). The van der Waals surface area contributed by atoms with E-state index in [1.54, 1.807) is 21.0 Å². The van der Waals surface area contributed by atoms with E-state index < -0.39 is 41.9 Å². The van der Waals surface area contributed by atoms with Crippen LogP contribution in [0.15, 0.2) is 36.5 Å². The highest BCUT2D eigenvalue weighted by Gasteiger charge is 2.34. The van der Waals surface area contributed by atoms with Gasteiger partial charge in [0.25, 0.3) is 11.8 Å². The Balaban J connectivity index is 2.18. The van der Waals surface area contributed by atoms with Gasteiger partial charge in [0, 0.05) is 0 Å². The normalized spacial score (nSPS) is 21.9. The Morgan fingerprint density at radius 1 is 0.971 bits per heavy atom. The van der Waals surface area contributed by atoms with Crippen molar-refractivity contribution in [3.05, 3.63) is 42.1 Å². The first-order valence-electron chi connectivity index (χ1n) is 12.1. The molecule has 9 nitrogen and oxygen atoms in total. The van der Waals surface area contributed by atoms with Crippen LogP contribution >= 0.6 is 0 Å². The lowest BCUT2D eigenvalue weighted by molar-refractivity contribution is -0.162. The van der Waals surface area contributed by atoms with E-state index in [0.717, 1.165) is 17.7 Å². The Morgan fingerprint density at radius 3 is 2.23 bits per heavy atom. The number of methoxy groups -OCH3 is 1. The molecule has 35 heavy (non-hydrogen) atoms. The first kappa shape index (κ1) is 27.9. The van der Waals surface area contributed by atoms with Gasteiger partial charge in [0.15, 0.2) is 6.10 Å². The number of rotatable bonds is 9. The molecule has 1 aromatic carbocycles. The van der Waals surface area contributed by atoms with E-state index in [9.17, 15) is 19.2 Å². The first-order valence-corrected chi connectivity index (χ1v) is 12.1. The lowest BCUT2D eigenvalue weighted by Gasteiger charge is -2.28. The number of carbonyl (C=O) groups excluding carboxylic acids is 4. The van der Waals surface area contributed by atoms with Crippen LogP contribution in [0.5, 0.6) is 5.75 Å². The summed E-state index contributed by atoms with van der Waals surface area (Å²) in [5.74, 6) is -2.03. The van der Waals surface area contributed by atoms with Crippen LogP contribution in [0.1, 0.15) is 58.4 Å². The van der Waals surface area contributed by atoms with Gasteiger partial charge in [-0.1, -0.05) is 52.3 Å². The van der Waals surface area contributed by atoms with Crippen LogP contribution < -0.4 is 20.7 Å². The van der Waals surface area contributed by atoms with Crippen molar-refractivity contribution >= 4 is 23.7 Å². The van der Waals surface area contributed by atoms with Crippen molar-refractivity contribution in [2.45, 2.75) is 77.5 Å². The number of unbranched alkanes of at least 4 members (excludes halogenated alkanes) is 1. The number of ether oxygens (including phenoxy) is 2. The highest BCUT2D eigenvalue weighted by Crippen LogP contribution is 2.16. The maximum atomic E-state index is 13.1. The predicted molar refractivity (Wildman–Crippen MR) is 131 cm³/mol. The summed E-state index contributed by atoms with van der Waals surface area (Å²) < 4.78 is 10.7. The van der Waals surface area contributed by atoms with Gasteiger partial charge in [-0.15, -0.1) is 0 Å². The largest absolute Gasteiger partial charge is 0.497 e. The van der Waals surface area contributed by atoms with Gasteiger partial charge in [0.2, 0.25) is 5.91 Å². The Labute approximate surface area is 207 Å². The SMILES string of the molecule is C=C1NC(=O)[C@H](CCCc2ccc(OC)cc2)NC(=O)[C@H](C(C)C)OC(=O)[C@H](CCCC)NC1=O. The van der Waals surface area contributed by atoms with Gasteiger partial charge in [-0.05, 0) is 49.3 Å². The van der Waals surface area contributed by atoms with E-state index in [1.807, 2.05) is 31.2 Å². The lowest BCUT2D eigenvalue weighted by Crippen LogP contribution is -2.55. The molecule has 0 unspecified atom stereocenters. The van der Waals surface area contributed by atoms with Crippen LogP contribution in [-0.4, -0.2) is 49.0 Å². The molecule has 3 N–H and O–H groups in total. The Morgan fingerprint density at radius 2 is 1.63 bits per heavy atom. The van der Waals surface area contributed by atoms with Gasteiger partial charge in [-0.25, -0.2) is 4.79 Å². The molecule has 3 amide bonds. The molecule has 0 saturated carbocycles. The molecule has 1 aliphatic heterocycles. The van der Waals surface area contributed by atoms with Gasteiger partial charge in [0.05, 0.1) is 12.8 Å². The molecule has 1 aliphatic rings. The number of amides is 3. The zero-order valence-corrected chi connectivity index (χ0v) is 21.0. The zero-order chi connectivity index (χ0) is 26.0. The Bertz CT molecular complexity index is 912. The van der Waals surface area contributed by atoms with Crippen molar-refractivity contribution in [2.75, 3.05) is 7.11 Å². The van der Waals surface area contributed by atoms with Gasteiger partial charge < -0.3 is 25.4 Å². The fraction of sp³-hybridized carbons (Fsp3) is 0.538. The topological polar surface area (TPSA) is 123 Å². The van der Waals surface area contributed by atoms with Crippen molar-refractivity contribution in [1.29, 1.82) is 0 Å². The highest BCUT2D eigenvalue weighted by atomic mass is 16.5. The number of carbonyl (C=O) groups is 4. The molecule has 9 heteroatoms. The second kappa shape index (κ2) is 13.5. The summed E-state index contributed by atoms with van der Waals surface area (Å²) in [7, 11) is 1.60. The van der Waals surface area contributed by atoms with Crippen LogP contribution in [0.25, 0.3) is 0 Å². The minimum absolute atomic E-state index is 0.195. The van der Waals surface area contributed by atoms with Gasteiger partial charge in [0.1, 0.15) is 17.8 Å². The summed E-state index contributed by atoms with van der Waals surface area (Å²) in [5.41, 5.74) is 0.862. The van der Waals surface area contributed by atoms with Crippen molar-refractivity contribution in [2.24, 2.45) is 5.92 Å². The quantitative estimate of drug-likeness (QED) is 0.363. The third-order valence-electron chi connectivity index (χ3n) is 5.84. The van der Waals surface area contributed by atoms with Crippen molar-refractivity contribution in [1.82, 2.24) is 16.0 Å². The molecule has 192 valence electrons. The average Bonchev–Trinajstić information content (AvgIpc) is 2.83. The van der Waals surface area contributed by atoms with E-state index in [2.05, 4.69) is 22.5 Å². The van der Waals surface area contributed by atoms with Crippen molar-refractivity contribution in [3.63, 3.8) is 0 Å². The number of cyclic esters (lactones) is 1. The summed E-state index contributed by atoms with van der Waals surface area (Å²) in [6.45, 7) is 9.10. The molecule has 1 saturated heterocycles. The molecule has 0 bridgehead atoms. The molecule has 3 atom stereocenters. The number of aryl methyl sites for hydroxylation is 1. The van der Waals surface area contributed by atoms with Crippen LogP contribution in [-0.2, 0) is 30.3 Å². The van der Waals surface area contributed by atoms with E-state index in [1.165, 1.54) is 0 Å². The summed E-state index contributed by atoms with van der Waals surface area (Å²) in [6, 6.07) is 5.72. The predicted octanol–water partition coefficient (Wildman–Crippen LogP) is 2.39.